The van der Waals surface area contributed by atoms with Crippen LogP contribution in [0.4, 0.5) is 4.39 Å². The van der Waals surface area contributed by atoms with Crippen LogP contribution >= 0.6 is 0 Å². The molecule has 3 aromatic carbocycles. The van der Waals surface area contributed by atoms with E-state index in [9.17, 15) is 9.18 Å². The van der Waals surface area contributed by atoms with E-state index < -0.39 is 5.54 Å². The van der Waals surface area contributed by atoms with Gasteiger partial charge in [0.25, 0.3) is 0 Å². The Morgan fingerprint density at radius 1 is 0.938 bits per heavy atom. The SMILES string of the molecule is COc1cccc(CN2CCN(C3(c4cccc(F)c4)Cc4ccccc4C3=O)CC2)c1. The van der Waals surface area contributed by atoms with Crippen molar-refractivity contribution in [2.75, 3.05) is 33.3 Å². The average Bonchev–Trinajstić information content (AvgIpc) is 3.13. The van der Waals surface area contributed by atoms with Crippen molar-refractivity contribution >= 4 is 5.78 Å². The zero-order valence-corrected chi connectivity index (χ0v) is 18.3. The molecule has 0 amide bonds. The minimum Gasteiger partial charge on any atom is -0.497 e. The Morgan fingerprint density at radius 3 is 2.47 bits per heavy atom. The number of rotatable bonds is 5. The number of hydrogen-bond donors (Lipinski definition) is 0. The van der Waals surface area contributed by atoms with Gasteiger partial charge in [-0.15, -0.1) is 0 Å². The maximum Gasteiger partial charge on any atom is 0.188 e. The molecule has 4 nitrogen and oxygen atoms in total. The Balaban J connectivity index is 1.40. The maximum absolute atomic E-state index is 14.2. The fraction of sp³-hybridized carbons (Fsp3) is 0.296. The van der Waals surface area contributed by atoms with Crippen molar-refractivity contribution < 1.29 is 13.9 Å². The number of ether oxygens (including phenoxy) is 1. The van der Waals surface area contributed by atoms with Crippen LogP contribution in [0.25, 0.3) is 0 Å². The Bertz CT molecular complexity index is 1140. The van der Waals surface area contributed by atoms with Gasteiger partial charge in [0, 0.05) is 44.7 Å². The Morgan fingerprint density at radius 2 is 1.72 bits per heavy atom. The number of nitrogens with zero attached hydrogens (tertiary/aromatic N) is 2. The van der Waals surface area contributed by atoms with Crippen LogP contribution in [0.15, 0.2) is 72.8 Å². The number of halogens is 1. The van der Waals surface area contributed by atoms with Crippen molar-refractivity contribution in [1.29, 1.82) is 0 Å². The summed E-state index contributed by atoms with van der Waals surface area (Å²) in [6, 6.07) is 22.5. The van der Waals surface area contributed by atoms with Crippen molar-refractivity contribution in [1.82, 2.24) is 9.80 Å². The molecule has 1 fully saturated rings. The number of piperazine rings is 1. The molecule has 3 aromatic rings. The second kappa shape index (κ2) is 8.49. The van der Waals surface area contributed by atoms with Gasteiger partial charge in [0.1, 0.15) is 17.1 Å². The smallest absolute Gasteiger partial charge is 0.188 e. The fourth-order valence-corrected chi connectivity index (χ4v) is 5.21. The second-order valence-electron chi connectivity index (χ2n) is 8.65. The number of carbonyl (C=O) groups excluding carboxylic acids is 1. The number of methoxy groups -OCH3 is 1. The number of fused-ring (bicyclic) bond motifs is 1. The molecule has 1 aliphatic carbocycles. The van der Waals surface area contributed by atoms with Gasteiger partial charge in [0.2, 0.25) is 0 Å². The molecule has 5 heteroatoms. The van der Waals surface area contributed by atoms with Crippen molar-refractivity contribution in [2.45, 2.75) is 18.5 Å². The summed E-state index contributed by atoms with van der Waals surface area (Å²) in [6.07, 6.45) is 0.585. The highest BCUT2D eigenvalue weighted by Crippen LogP contribution is 2.43. The van der Waals surface area contributed by atoms with Gasteiger partial charge in [-0.1, -0.05) is 48.5 Å². The number of carbonyl (C=O) groups is 1. The van der Waals surface area contributed by atoms with E-state index in [0.717, 1.165) is 55.2 Å². The maximum atomic E-state index is 14.2. The fourth-order valence-electron chi connectivity index (χ4n) is 5.21. The van der Waals surface area contributed by atoms with Gasteiger partial charge in [-0.25, -0.2) is 4.39 Å². The van der Waals surface area contributed by atoms with E-state index in [1.807, 2.05) is 42.5 Å². The first-order valence-corrected chi connectivity index (χ1v) is 11.1. The quantitative estimate of drug-likeness (QED) is 0.605. The molecule has 0 spiro atoms. The zero-order valence-electron chi connectivity index (χ0n) is 18.3. The van der Waals surface area contributed by atoms with E-state index >= 15 is 0 Å². The molecule has 1 unspecified atom stereocenters. The Labute approximate surface area is 188 Å². The highest BCUT2D eigenvalue weighted by atomic mass is 19.1. The zero-order chi connectivity index (χ0) is 22.1. The van der Waals surface area contributed by atoms with Gasteiger partial charge in [0.15, 0.2) is 5.78 Å². The Kier molecular flexibility index (Phi) is 5.53. The summed E-state index contributed by atoms with van der Waals surface area (Å²) in [5.74, 6) is 0.641. The van der Waals surface area contributed by atoms with Gasteiger partial charge in [-0.2, -0.15) is 0 Å². The highest BCUT2D eigenvalue weighted by Gasteiger charge is 2.51. The first-order chi connectivity index (χ1) is 15.6. The summed E-state index contributed by atoms with van der Waals surface area (Å²) >= 11 is 0. The van der Waals surface area contributed by atoms with Crippen LogP contribution < -0.4 is 4.74 Å². The largest absolute Gasteiger partial charge is 0.497 e. The molecule has 0 N–H and O–H groups in total. The van der Waals surface area contributed by atoms with E-state index in [4.69, 9.17) is 4.74 Å². The normalized spacial score (nSPS) is 21.5. The topological polar surface area (TPSA) is 32.8 Å². The molecular formula is C27H27FN2O2. The molecule has 1 atom stereocenters. The molecule has 0 bridgehead atoms. The van der Waals surface area contributed by atoms with Crippen molar-refractivity contribution in [2.24, 2.45) is 0 Å². The van der Waals surface area contributed by atoms with Gasteiger partial charge < -0.3 is 4.74 Å². The van der Waals surface area contributed by atoms with Crippen LogP contribution in [0.5, 0.6) is 5.75 Å². The predicted molar refractivity (Wildman–Crippen MR) is 122 cm³/mol. The van der Waals surface area contributed by atoms with Crippen molar-refractivity contribution in [3.05, 3.63) is 101 Å². The van der Waals surface area contributed by atoms with E-state index in [0.29, 0.717) is 6.42 Å². The van der Waals surface area contributed by atoms with Crippen LogP contribution in [-0.4, -0.2) is 48.9 Å². The lowest BCUT2D eigenvalue weighted by atomic mass is 9.83. The monoisotopic (exact) mass is 430 g/mol. The average molecular weight is 431 g/mol. The molecule has 32 heavy (non-hydrogen) atoms. The predicted octanol–water partition coefficient (Wildman–Crippen LogP) is 4.29. The number of Topliss-reactive ketones (excluding diaryl/α,β-unsaturated/α-hetero) is 1. The van der Waals surface area contributed by atoms with Crippen LogP contribution in [0.2, 0.25) is 0 Å². The van der Waals surface area contributed by atoms with Gasteiger partial charge in [-0.3, -0.25) is 14.6 Å². The van der Waals surface area contributed by atoms with E-state index in [-0.39, 0.29) is 11.6 Å². The summed E-state index contributed by atoms with van der Waals surface area (Å²) in [4.78, 5) is 18.5. The summed E-state index contributed by atoms with van der Waals surface area (Å²) in [5.41, 5.74) is 2.92. The minimum absolute atomic E-state index is 0.0833. The molecule has 1 aliphatic heterocycles. The Hall–Kier alpha value is -3.02. The number of ketones is 1. The molecule has 1 saturated heterocycles. The third-order valence-corrected chi connectivity index (χ3v) is 6.84. The standard InChI is InChI=1S/C27H27FN2O2/c1-32-24-10-4-6-20(16-24)19-29-12-14-30(15-13-29)27(22-8-5-9-23(28)17-22)18-21-7-2-3-11-25(21)26(27)31/h2-11,16-17H,12-15,18-19H2,1H3. The number of benzene rings is 3. The summed E-state index contributed by atoms with van der Waals surface area (Å²) in [7, 11) is 1.68. The second-order valence-corrected chi connectivity index (χ2v) is 8.65. The molecule has 0 saturated carbocycles. The van der Waals surface area contributed by atoms with Crippen LogP contribution in [0, 0.1) is 5.82 Å². The third kappa shape index (κ3) is 3.61. The van der Waals surface area contributed by atoms with Crippen LogP contribution in [0.1, 0.15) is 27.0 Å². The first-order valence-electron chi connectivity index (χ1n) is 11.1. The van der Waals surface area contributed by atoms with Crippen LogP contribution in [-0.2, 0) is 18.5 Å². The van der Waals surface area contributed by atoms with E-state index in [2.05, 4.69) is 21.9 Å². The lowest BCUT2D eigenvalue weighted by Crippen LogP contribution is -2.58. The van der Waals surface area contributed by atoms with Gasteiger partial charge >= 0.3 is 0 Å². The summed E-state index contributed by atoms with van der Waals surface area (Å²) in [6.45, 7) is 4.03. The van der Waals surface area contributed by atoms with Crippen molar-refractivity contribution in [3.8, 4) is 5.75 Å². The summed E-state index contributed by atoms with van der Waals surface area (Å²) < 4.78 is 19.6. The van der Waals surface area contributed by atoms with Crippen LogP contribution in [0.3, 0.4) is 0 Å². The number of hydrogen-bond acceptors (Lipinski definition) is 4. The van der Waals surface area contributed by atoms with E-state index in [1.54, 1.807) is 13.2 Å². The highest BCUT2D eigenvalue weighted by molar-refractivity contribution is 6.08. The molecule has 1 heterocycles. The van der Waals surface area contributed by atoms with Crippen molar-refractivity contribution in [3.63, 3.8) is 0 Å². The molecule has 164 valence electrons. The lowest BCUT2D eigenvalue weighted by molar-refractivity contribution is 0.0287. The van der Waals surface area contributed by atoms with Gasteiger partial charge in [-0.05, 0) is 41.0 Å². The molecule has 2 aliphatic rings. The van der Waals surface area contributed by atoms with Gasteiger partial charge in [0.05, 0.1) is 7.11 Å². The summed E-state index contributed by atoms with van der Waals surface area (Å²) in [5, 5.41) is 0. The molecule has 5 rings (SSSR count). The van der Waals surface area contributed by atoms with E-state index in [1.165, 1.54) is 17.7 Å². The minimum atomic E-state index is -0.839. The molecule has 0 radical (unpaired) electrons. The lowest BCUT2D eigenvalue weighted by Gasteiger charge is -2.45. The molecule has 0 aromatic heterocycles. The third-order valence-electron chi connectivity index (χ3n) is 6.84. The first kappa shape index (κ1) is 20.9. The molecular weight excluding hydrogens is 403 g/mol.